The first kappa shape index (κ1) is 19.3. The van der Waals surface area contributed by atoms with Gasteiger partial charge in [-0.2, -0.15) is 0 Å². The van der Waals surface area contributed by atoms with Crippen LogP contribution in [0.1, 0.15) is 38.9 Å². The van der Waals surface area contributed by atoms with Crippen LogP contribution in [0.2, 0.25) is 0 Å². The molecule has 0 bridgehead atoms. The van der Waals surface area contributed by atoms with E-state index >= 15 is 0 Å². The molecule has 7 nitrogen and oxygen atoms in total. The van der Waals surface area contributed by atoms with Crippen molar-refractivity contribution in [1.82, 2.24) is 15.8 Å². The number of hydrazine groups is 1. The summed E-state index contributed by atoms with van der Waals surface area (Å²) in [7, 11) is 1.50. The summed E-state index contributed by atoms with van der Waals surface area (Å²) in [6.45, 7) is 6.34. The van der Waals surface area contributed by atoms with Crippen LogP contribution in [-0.4, -0.2) is 30.5 Å². The fourth-order valence-corrected chi connectivity index (χ4v) is 3.06. The first-order chi connectivity index (χ1) is 13.4. The van der Waals surface area contributed by atoms with E-state index in [9.17, 15) is 9.59 Å². The molecule has 0 fully saturated rings. The highest BCUT2D eigenvalue weighted by Gasteiger charge is 2.14. The van der Waals surface area contributed by atoms with Crippen LogP contribution >= 0.6 is 0 Å². The van der Waals surface area contributed by atoms with Crippen molar-refractivity contribution >= 4 is 22.7 Å². The maximum absolute atomic E-state index is 12.4. The van der Waals surface area contributed by atoms with E-state index in [-0.39, 0.29) is 0 Å². The van der Waals surface area contributed by atoms with Crippen LogP contribution in [0.4, 0.5) is 0 Å². The Morgan fingerprint density at radius 2 is 1.75 bits per heavy atom. The van der Waals surface area contributed by atoms with Crippen molar-refractivity contribution < 1.29 is 19.1 Å². The zero-order valence-electron chi connectivity index (χ0n) is 16.3. The minimum Gasteiger partial charge on any atom is -0.493 e. The van der Waals surface area contributed by atoms with Gasteiger partial charge in [-0.3, -0.25) is 20.4 Å². The van der Waals surface area contributed by atoms with E-state index < -0.39 is 11.8 Å². The number of fused-ring (bicyclic) bond motifs is 1. The van der Waals surface area contributed by atoms with Gasteiger partial charge in [-0.05, 0) is 62.2 Å². The van der Waals surface area contributed by atoms with Gasteiger partial charge >= 0.3 is 0 Å². The molecule has 0 aliphatic carbocycles. The van der Waals surface area contributed by atoms with Crippen molar-refractivity contribution in [2.24, 2.45) is 0 Å². The summed E-state index contributed by atoms with van der Waals surface area (Å²) in [6, 6.07) is 10.6. The molecular weight excluding hydrogens is 358 g/mol. The average molecular weight is 381 g/mol. The van der Waals surface area contributed by atoms with Gasteiger partial charge < -0.3 is 14.5 Å². The number of methoxy groups -OCH3 is 1. The number of benzene rings is 2. The second kappa shape index (κ2) is 8.04. The third-order valence-electron chi connectivity index (χ3n) is 4.35. The highest BCUT2D eigenvalue weighted by atomic mass is 16.5. The Bertz CT molecular complexity index is 1040. The van der Waals surface area contributed by atoms with Crippen molar-refractivity contribution in [2.45, 2.75) is 20.8 Å². The van der Waals surface area contributed by atoms with Gasteiger partial charge in [-0.1, -0.05) is 6.07 Å². The van der Waals surface area contributed by atoms with Gasteiger partial charge in [0.05, 0.1) is 13.7 Å². The number of aromatic amines is 1. The van der Waals surface area contributed by atoms with Crippen LogP contribution in [0.5, 0.6) is 11.5 Å². The number of carbonyl (C=O) groups excluding carboxylic acids is 2. The van der Waals surface area contributed by atoms with Crippen molar-refractivity contribution in [2.75, 3.05) is 13.7 Å². The third-order valence-corrected chi connectivity index (χ3v) is 4.35. The second-order valence-corrected chi connectivity index (χ2v) is 6.43. The van der Waals surface area contributed by atoms with Crippen molar-refractivity contribution in [3.05, 3.63) is 58.8 Å². The molecule has 1 aromatic heterocycles. The van der Waals surface area contributed by atoms with Crippen molar-refractivity contribution in [3.63, 3.8) is 0 Å². The summed E-state index contributed by atoms with van der Waals surface area (Å²) in [4.78, 5) is 27.8. The maximum Gasteiger partial charge on any atom is 0.286 e. The zero-order chi connectivity index (χ0) is 20.3. The van der Waals surface area contributed by atoms with Crippen LogP contribution < -0.4 is 20.3 Å². The maximum atomic E-state index is 12.4. The summed E-state index contributed by atoms with van der Waals surface area (Å²) >= 11 is 0. The van der Waals surface area contributed by atoms with Gasteiger partial charge in [0.2, 0.25) is 0 Å². The summed E-state index contributed by atoms with van der Waals surface area (Å²) in [6.07, 6.45) is 0. The van der Waals surface area contributed by atoms with Gasteiger partial charge in [0.1, 0.15) is 5.69 Å². The Kier molecular flexibility index (Phi) is 5.54. The zero-order valence-corrected chi connectivity index (χ0v) is 16.3. The molecule has 3 rings (SSSR count). The molecule has 0 saturated heterocycles. The number of aryl methyl sites for hydroxylation is 2. The van der Waals surface area contributed by atoms with Crippen molar-refractivity contribution in [1.29, 1.82) is 0 Å². The first-order valence-corrected chi connectivity index (χ1v) is 8.94. The lowest BCUT2D eigenvalue weighted by molar-refractivity contribution is 0.0844. The summed E-state index contributed by atoms with van der Waals surface area (Å²) in [5, 5.41) is 0.971. The quantitative estimate of drug-likeness (QED) is 0.592. The molecule has 2 aromatic carbocycles. The van der Waals surface area contributed by atoms with E-state index in [1.165, 1.54) is 7.11 Å². The summed E-state index contributed by atoms with van der Waals surface area (Å²) < 4.78 is 10.7. The molecule has 0 spiro atoms. The fourth-order valence-electron chi connectivity index (χ4n) is 3.06. The molecule has 146 valence electrons. The molecule has 3 aromatic rings. The summed E-state index contributed by atoms with van der Waals surface area (Å²) in [5.74, 6) is 0.106. The predicted octanol–water partition coefficient (Wildman–Crippen LogP) is 3.27. The third kappa shape index (κ3) is 3.93. The van der Waals surface area contributed by atoms with E-state index in [1.54, 1.807) is 24.3 Å². The van der Waals surface area contributed by atoms with E-state index in [0.717, 1.165) is 22.0 Å². The minimum atomic E-state index is -0.460. The molecular formula is C21H23N3O4. The largest absolute Gasteiger partial charge is 0.493 e. The molecule has 7 heteroatoms. The topological polar surface area (TPSA) is 92.5 Å². The molecule has 2 amide bonds. The molecule has 0 atom stereocenters. The number of H-pyrrole nitrogens is 1. The standard InChI is InChI=1S/C21H23N3O4/c1-5-28-18-7-6-14(10-19(18)27-4)20(25)23-24-21(26)17-11-15-13(3)8-12(2)9-16(15)22-17/h6-11,22H,5H2,1-4H3,(H,23,25)(H,24,26). The number of aromatic nitrogens is 1. The van der Waals surface area contributed by atoms with E-state index in [0.29, 0.717) is 29.4 Å². The highest BCUT2D eigenvalue weighted by Crippen LogP contribution is 2.28. The molecule has 28 heavy (non-hydrogen) atoms. The predicted molar refractivity (Wildman–Crippen MR) is 107 cm³/mol. The van der Waals surface area contributed by atoms with Crippen LogP contribution in [0.15, 0.2) is 36.4 Å². The van der Waals surface area contributed by atoms with Gasteiger partial charge in [0, 0.05) is 16.5 Å². The lowest BCUT2D eigenvalue weighted by Crippen LogP contribution is -2.41. The highest BCUT2D eigenvalue weighted by molar-refractivity contribution is 6.01. The van der Waals surface area contributed by atoms with E-state index in [2.05, 4.69) is 21.9 Å². The molecule has 0 aliphatic heterocycles. The number of hydrogen-bond acceptors (Lipinski definition) is 4. The number of ether oxygens (including phenoxy) is 2. The molecule has 0 aliphatic rings. The number of rotatable bonds is 5. The summed E-state index contributed by atoms with van der Waals surface area (Å²) in [5.41, 5.74) is 8.62. The van der Waals surface area contributed by atoms with Crippen LogP contribution in [0.25, 0.3) is 10.9 Å². The lowest BCUT2D eigenvalue weighted by atomic mass is 10.1. The Morgan fingerprint density at radius 3 is 2.46 bits per heavy atom. The minimum absolute atomic E-state index is 0.337. The smallest absolute Gasteiger partial charge is 0.286 e. The monoisotopic (exact) mass is 381 g/mol. The Balaban J connectivity index is 1.70. The average Bonchev–Trinajstić information content (AvgIpc) is 3.10. The lowest BCUT2D eigenvalue weighted by Gasteiger charge is -2.11. The van der Waals surface area contributed by atoms with Crippen molar-refractivity contribution in [3.8, 4) is 11.5 Å². The fraction of sp³-hybridized carbons (Fsp3) is 0.238. The van der Waals surface area contributed by atoms with E-state index in [4.69, 9.17) is 9.47 Å². The molecule has 0 saturated carbocycles. The Labute approximate surface area is 163 Å². The number of nitrogens with one attached hydrogen (secondary N) is 3. The first-order valence-electron chi connectivity index (χ1n) is 8.94. The van der Waals surface area contributed by atoms with Gasteiger partial charge in [-0.25, -0.2) is 0 Å². The van der Waals surface area contributed by atoms with E-state index in [1.807, 2.05) is 26.8 Å². The normalized spacial score (nSPS) is 10.6. The van der Waals surface area contributed by atoms with Crippen LogP contribution in [0, 0.1) is 13.8 Å². The Morgan fingerprint density at radius 1 is 1.00 bits per heavy atom. The molecule has 0 radical (unpaired) electrons. The van der Waals surface area contributed by atoms with Crippen LogP contribution in [-0.2, 0) is 0 Å². The van der Waals surface area contributed by atoms with Gasteiger partial charge in [-0.15, -0.1) is 0 Å². The van der Waals surface area contributed by atoms with Gasteiger partial charge in [0.15, 0.2) is 11.5 Å². The van der Waals surface area contributed by atoms with Crippen LogP contribution in [0.3, 0.4) is 0 Å². The number of amides is 2. The molecule has 3 N–H and O–H groups in total. The van der Waals surface area contributed by atoms with Gasteiger partial charge in [0.25, 0.3) is 11.8 Å². The molecule has 1 heterocycles. The second-order valence-electron chi connectivity index (χ2n) is 6.43. The SMILES string of the molecule is CCOc1ccc(C(=O)NNC(=O)c2cc3c(C)cc(C)cc3[nH]2)cc1OC. The number of hydrogen-bond donors (Lipinski definition) is 3. The number of carbonyl (C=O) groups is 2. The molecule has 0 unspecified atom stereocenters. The Hall–Kier alpha value is -3.48.